The van der Waals surface area contributed by atoms with Crippen LogP contribution in [0.2, 0.25) is 10.0 Å². The quantitative estimate of drug-likeness (QED) is 0.660. The zero-order valence-electron chi connectivity index (χ0n) is 19.3. The first-order chi connectivity index (χ1) is 16.3. The van der Waals surface area contributed by atoms with Crippen molar-refractivity contribution in [1.29, 1.82) is 0 Å². The maximum absolute atomic E-state index is 13.2. The van der Waals surface area contributed by atoms with Crippen LogP contribution in [-0.4, -0.2) is 64.7 Å². The second-order valence-electron chi connectivity index (χ2n) is 8.20. The van der Waals surface area contributed by atoms with E-state index < -0.39 is 5.91 Å². The highest BCUT2D eigenvalue weighted by Crippen LogP contribution is 2.23. The molecule has 1 atom stereocenters. The zero-order chi connectivity index (χ0) is 24.7. The number of aryl methyl sites for hydroxylation is 1. The van der Waals surface area contributed by atoms with Crippen LogP contribution in [0, 0.1) is 0 Å². The molecule has 0 fully saturated rings. The molecule has 3 rings (SSSR count). The minimum atomic E-state index is -0.408. The average molecular weight is 510 g/mol. The molecule has 1 aliphatic heterocycles. The molecule has 0 unspecified atom stereocenters. The maximum Gasteiger partial charge on any atom is 0.276 e. The predicted molar refractivity (Wildman–Crippen MR) is 130 cm³/mol. The Balaban J connectivity index is 1.76. The molecule has 1 aromatic carbocycles. The van der Waals surface area contributed by atoms with Gasteiger partial charge in [-0.25, -0.2) is 0 Å². The van der Waals surface area contributed by atoms with Gasteiger partial charge in [-0.3, -0.25) is 19.1 Å². The van der Waals surface area contributed by atoms with Crippen molar-refractivity contribution in [3.8, 4) is 5.75 Å². The number of amides is 3. The Labute approximate surface area is 208 Å². The molecule has 34 heavy (non-hydrogen) atoms. The number of hydrogen-bond acceptors (Lipinski definition) is 5. The average Bonchev–Trinajstić information content (AvgIpc) is 3.16. The number of ether oxygens (including phenoxy) is 1. The van der Waals surface area contributed by atoms with Crippen molar-refractivity contribution in [2.75, 3.05) is 26.2 Å². The molecular weight excluding hydrogens is 481 g/mol. The normalized spacial score (nSPS) is 18.1. The van der Waals surface area contributed by atoms with Gasteiger partial charge in [-0.2, -0.15) is 5.10 Å². The summed E-state index contributed by atoms with van der Waals surface area (Å²) in [5, 5.41) is 10.7. The first-order valence-electron chi connectivity index (χ1n) is 11.3. The number of rotatable bonds is 3. The number of nitrogens with zero attached hydrogens (tertiary/aromatic N) is 3. The number of fused-ring (bicyclic) bond motifs is 1. The summed E-state index contributed by atoms with van der Waals surface area (Å²) in [4.78, 5) is 40.0. The van der Waals surface area contributed by atoms with Gasteiger partial charge in [0.1, 0.15) is 12.4 Å². The number of hydrogen-bond donors (Lipinski definition) is 2. The Bertz CT molecular complexity index is 1040. The first-order valence-corrected chi connectivity index (χ1v) is 12.1. The fourth-order valence-electron chi connectivity index (χ4n) is 3.57. The van der Waals surface area contributed by atoms with Gasteiger partial charge in [0, 0.05) is 30.9 Å². The van der Waals surface area contributed by atoms with E-state index in [1.165, 1.54) is 4.90 Å². The highest BCUT2D eigenvalue weighted by Gasteiger charge is 2.25. The predicted octanol–water partition coefficient (Wildman–Crippen LogP) is 3.15. The summed E-state index contributed by atoms with van der Waals surface area (Å²) in [6.07, 6.45) is 3.63. The molecule has 9 nitrogen and oxygen atoms in total. The van der Waals surface area contributed by atoms with Gasteiger partial charge in [0.05, 0.1) is 23.2 Å². The van der Waals surface area contributed by atoms with Gasteiger partial charge in [0.15, 0.2) is 5.69 Å². The van der Waals surface area contributed by atoms with Gasteiger partial charge in [-0.05, 0) is 44.4 Å². The van der Waals surface area contributed by atoms with E-state index in [1.807, 2.05) is 6.92 Å². The molecule has 2 aromatic rings. The maximum atomic E-state index is 13.2. The minimum absolute atomic E-state index is 0.123. The molecule has 2 N–H and O–H groups in total. The number of nitrogens with one attached hydrogen (secondary N) is 2. The van der Waals surface area contributed by atoms with E-state index in [0.29, 0.717) is 48.8 Å². The summed E-state index contributed by atoms with van der Waals surface area (Å²) in [6.45, 7) is 5.11. The molecule has 1 aliphatic rings. The van der Waals surface area contributed by atoms with E-state index in [2.05, 4.69) is 15.7 Å². The van der Waals surface area contributed by atoms with Crippen LogP contribution in [0.1, 0.15) is 54.0 Å². The Morgan fingerprint density at radius 2 is 2.06 bits per heavy atom. The first kappa shape index (κ1) is 25.8. The molecule has 0 saturated heterocycles. The van der Waals surface area contributed by atoms with Gasteiger partial charge in [-0.1, -0.05) is 30.1 Å². The van der Waals surface area contributed by atoms with E-state index in [-0.39, 0.29) is 41.7 Å². The fourth-order valence-corrected chi connectivity index (χ4v) is 3.97. The molecule has 0 saturated carbocycles. The van der Waals surface area contributed by atoms with Gasteiger partial charge >= 0.3 is 0 Å². The van der Waals surface area contributed by atoms with Crippen molar-refractivity contribution in [2.24, 2.45) is 0 Å². The molecule has 11 heteroatoms. The van der Waals surface area contributed by atoms with Crippen molar-refractivity contribution >= 4 is 40.9 Å². The molecule has 184 valence electrons. The Hall–Kier alpha value is -2.78. The van der Waals surface area contributed by atoms with Crippen LogP contribution in [0.3, 0.4) is 0 Å². The topological polar surface area (TPSA) is 106 Å². The van der Waals surface area contributed by atoms with Crippen LogP contribution in [0.15, 0.2) is 24.4 Å². The lowest BCUT2D eigenvalue weighted by molar-refractivity contribution is -0.122. The Kier molecular flexibility index (Phi) is 9.18. The third kappa shape index (κ3) is 6.87. The van der Waals surface area contributed by atoms with E-state index >= 15 is 0 Å². The lowest BCUT2D eigenvalue weighted by Crippen LogP contribution is -2.45. The van der Waals surface area contributed by atoms with Crippen molar-refractivity contribution in [1.82, 2.24) is 25.3 Å². The second kappa shape index (κ2) is 12.1. The molecule has 0 spiro atoms. The number of benzene rings is 1. The van der Waals surface area contributed by atoms with E-state index in [1.54, 1.807) is 36.0 Å². The molecular formula is C23H29Cl2N5O4. The monoisotopic (exact) mass is 509 g/mol. The van der Waals surface area contributed by atoms with Crippen LogP contribution in [-0.2, 0) is 11.3 Å². The van der Waals surface area contributed by atoms with Crippen LogP contribution in [0.5, 0.6) is 5.75 Å². The van der Waals surface area contributed by atoms with Crippen molar-refractivity contribution in [2.45, 2.75) is 45.7 Å². The molecule has 0 radical (unpaired) electrons. The van der Waals surface area contributed by atoms with Crippen LogP contribution >= 0.6 is 23.2 Å². The summed E-state index contributed by atoms with van der Waals surface area (Å²) in [6, 6.07) is 4.45. The summed E-state index contributed by atoms with van der Waals surface area (Å²) in [5.41, 5.74) is 0.452. The van der Waals surface area contributed by atoms with Crippen LogP contribution in [0.25, 0.3) is 0 Å². The van der Waals surface area contributed by atoms with Gasteiger partial charge < -0.3 is 20.3 Å². The highest BCUT2D eigenvalue weighted by atomic mass is 35.5. The molecule has 1 aromatic heterocycles. The largest absolute Gasteiger partial charge is 0.491 e. The minimum Gasteiger partial charge on any atom is -0.491 e. The van der Waals surface area contributed by atoms with Gasteiger partial charge in [0.2, 0.25) is 5.91 Å². The fraction of sp³-hybridized carbons (Fsp3) is 0.478. The lowest BCUT2D eigenvalue weighted by atomic mass is 10.2. The molecule has 0 aliphatic carbocycles. The number of carbonyl (C=O) groups is 3. The van der Waals surface area contributed by atoms with Crippen molar-refractivity contribution < 1.29 is 19.1 Å². The van der Waals surface area contributed by atoms with Crippen molar-refractivity contribution in [3.05, 3.63) is 45.7 Å². The summed E-state index contributed by atoms with van der Waals surface area (Å²) in [7, 11) is 0. The molecule has 0 bridgehead atoms. The lowest BCUT2D eigenvalue weighted by Gasteiger charge is -2.23. The number of carbonyl (C=O) groups excluding carboxylic acids is 3. The Morgan fingerprint density at radius 3 is 2.82 bits per heavy atom. The summed E-state index contributed by atoms with van der Waals surface area (Å²) >= 11 is 12.3. The second-order valence-corrected chi connectivity index (χ2v) is 9.04. The number of halogens is 2. The smallest absolute Gasteiger partial charge is 0.276 e. The SMILES string of the molecule is CCCn1cc(Cl)c(C(=O)N2CCCCNC(=O)c3cc(Cl)ccc3OC[C@@H](C)NC(=O)C2)n1. The van der Waals surface area contributed by atoms with E-state index in [4.69, 9.17) is 27.9 Å². The van der Waals surface area contributed by atoms with E-state index in [0.717, 1.165) is 6.42 Å². The van der Waals surface area contributed by atoms with Gasteiger partial charge in [0.25, 0.3) is 11.8 Å². The molecule has 3 amide bonds. The number of aromatic nitrogens is 2. The standard InChI is InChI=1S/C23H29Cl2N5O4/c1-3-9-30-12-18(25)21(28-30)23(33)29-10-5-4-8-26-22(32)17-11-16(24)6-7-19(17)34-14-15(2)27-20(31)13-29/h6-7,11-12,15H,3-5,8-10,13-14H2,1-2H3,(H,26,32)(H,27,31)/t15-/m1/s1. The van der Waals surface area contributed by atoms with Crippen molar-refractivity contribution in [3.63, 3.8) is 0 Å². The summed E-state index contributed by atoms with van der Waals surface area (Å²) in [5.74, 6) is -0.652. The Morgan fingerprint density at radius 1 is 1.26 bits per heavy atom. The van der Waals surface area contributed by atoms with Gasteiger partial charge in [-0.15, -0.1) is 0 Å². The van der Waals surface area contributed by atoms with Crippen LogP contribution in [0.4, 0.5) is 0 Å². The van der Waals surface area contributed by atoms with Crippen LogP contribution < -0.4 is 15.4 Å². The zero-order valence-corrected chi connectivity index (χ0v) is 20.8. The van der Waals surface area contributed by atoms with E-state index in [9.17, 15) is 14.4 Å². The molecule has 2 heterocycles. The third-order valence-corrected chi connectivity index (χ3v) is 5.73. The third-order valence-electron chi connectivity index (χ3n) is 5.22. The highest BCUT2D eigenvalue weighted by molar-refractivity contribution is 6.33. The summed E-state index contributed by atoms with van der Waals surface area (Å²) < 4.78 is 7.42.